The number of hydrogen-bond acceptors (Lipinski definition) is 5. The smallest absolute Gasteiger partial charge is 0.306 e. The third-order valence-electron chi connectivity index (χ3n) is 10.3. The maximum absolute atomic E-state index is 13.1. The Morgan fingerprint density at radius 3 is 1.38 bits per heavy atom. The summed E-state index contributed by atoms with van der Waals surface area (Å²) in [5.41, 5.74) is 0. The zero-order valence-electron chi connectivity index (χ0n) is 39.0. The van der Waals surface area contributed by atoms with Crippen molar-refractivity contribution < 1.29 is 24.5 Å². The molecule has 0 aliphatic heterocycles. The number of hydrogen-bond donors (Lipinski definition) is 3. The highest BCUT2D eigenvalue weighted by Gasteiger charge is 2.23. The monoisotopic (exact) mass is 844 g/mol. The minimum absolute atomic E-state index is 0.0439. The maximum atomic E-state index is 13.1. The largest absolute Gasteiger partial charge is 0.461 e. The number of esters is 1. The summed E-state index contributed by atoms with van der Waals surface area (Å²) >= 11 is 0. The van der Waals surface area contributed by atoms with E-state index >= 15 is 0 Å². The van der Waals surface area contributed by atoms with E-state index in [4.69, 9.17) is 4.74 Å². The topological polar surface area (TPSA) is 95.9 Å². The van der Waals surface area contributed by atoms with Crippen LogP contribution in [-0.4, -0.2) is 46.9 Å². The van der Waals surface area contributed by atoms with Crippen LogP contribution in [-0.2, 0) is 14.3 Å². The van der Waals surface area contributed by atoms with Crippen molar-refractivity contribution in [2.45, 2.75) is 206 Å². The van der Waals surface area contributed by atoms with E-state index in [-0.39, 0.29) is 24.9 Å². The highest BCUT2D eigenvalue weighted by molar-refractivity contribution is 5.77. The molecule has 0 bridgehead atoms. The van der Waals surface area contributed by atoms with Crippen LogP contribution in [0.5, 0.6) is 0 Å². The molecule has 344 valence electrons. The molecule has 1 amide bonds. The van der Waals surface area contributed by atoms with Gasteiger partial charge >= 0.3 is 5.97 Å². The number of unbranched alkanes of at least 4 members (excludes halogenated alkanes) is 18. The van der Waals surface area contributed by atoms with Crippen LogP contribution in [0.3, 0.4) is 0 Å². The fourth-order valence-electron chi connectivity index (χ4n) is 6.65. The molecule has 0 aliphatic carbocycles. The van der Waals surface area contributed by atoms with Crippen molar-refractivity contribution in [1.82, 2.24) is 5.32 Å². The lowest BCUT2D eigenvalue weighted by Gasteiger charge is -2.24. The van der Waals surface area contributed by atoms with E-state index in [0.717, 1.165) is 51.4 Å². The molecule has 6 nitrogen and oxygen atoms in total. The zero-order chi connectivity index (χ0) is 44.5. The highest BCUT2D eigenvalue weighted by atomic mass is 16.5. The van der Waals surface area contributed by atoms with Crippen LogP contribution >= 0.6 is 0 Å². The molecule has 3 unspecified atom stereocenters. The first-order valence-electron chi connectivity index (χ1n) is 24.4. The van der Waals surface area contributed by atoms with Gasteiger partial charge in [0.05, 0.1) is 25.2 Å². The molecular weight excluding hydrogens is 755 g/mol. The molecule has 0 saturated heterocycles. The van der Waals surface area contributed by atoms with Gasteiger partial charge in [0.2, 0.25) is 5.91 Å². The van der Waals surface area contributed by atoms with Crippen LogP contribution in [0.25, 0.3) is 0 Å². The van der Waals surface area contributed by atoms with Gasteiger partial charge in [0, 0.05) is 12.8 Å². The molecule has 0 rings (SSSR count). The van der Waals surface area contributed by atoms with Crippen LogP contribution in [0.15, 0.2) is 122 Å². The molecule has 0 aliphatic rings. The summed E-state index contributed by atoms with van der Waals surface area (Å²) in [6.07, 6.45) is 65.7. The molecule has 0 heterocycles. The zero-order valence-corrected chi connectivity index (χ0v) is 39.0. The lowest BCUT2D eigenvalue weighted by molar-refractivity contribution is -0.150. The summed E-state index contributed by atoms with van der Waals surface area (Å²) in [5.74, 6) is -0.670. The van der Waals surface area contributed by atoms with Crippen LogP contribution < -0.4 is 5.32 Å². The number of amides is 1. The summed E-state index contributed by atoms with van der Waals surface area (Å²) < 4.78 is 5.80. The average molecular weight is 844 g/mol. The molecule has 0 aromatic carbocycles. The van der Waals surface area contributed by atoms with E-state index in [1.807, 2.05) is 103 Å². The van der Waals surface area contributed by atoms with E-state index in [1.54, 1.807) is 0 Å². The summed E-state index contributed by atoms with van der Waals surface area (Å²) in [4.78, 5) is 26.0. The van der Waals surface area contributed by atoms with Gasteiger partial charge in [0.1, 0.15) is 6.10 Å². The summed E-state index contributed by atoms with van der Waals surface area (Å²) in [6.45, 7) is 6.13. The molecule has 6 heteroatoms. The van der Waals surface area contributed by atoms with E-state index in [0.29, 0.717) is 25.7 Å². The lowest BCUT2D eigenvalue weighted by Crippen LogP contribution is -2.46. The third-order valence-corrected chi connectivity index (χ3v) is 10.3. The maximum Gasteiger partial charge on any atom is 0.306 e. The lowest BCUT2D eigenvalue weighted by atomic mass is 10.0. The highest BCUT2D eigenvalue weighted by Crippen LogP contribution is 2.16. The number of aliphatic hydroxyl groups is 2. The first-order chi connectivity index (χ1) is 30.0. The summed E-state index contributed by atoms with van der Waals surface area (Å²) in [7, 11) is 0. The number of rotatable bonds is 41. The Morgan fingerprint density at radius 1 is 0.508 bits per heavy atom. The van der Waals surface area contributed by atoms with Gasteiger partial charge in [-0.1, -0.05) is 251 Å². The average Bonchev–Trinajstić information content (AvgIpc) is 3.25. The van der Waals surface area contributed by atoms with Crippen LogP contribution in [0.4, 0.5) is 0 Å². The number of carbonyl (C=O) groups excluding carboxylic acids is 2. The van der Waals surface area contributed by atoms with Gasteiger partial charge in [-0.2, -0.15) is 0 Å². The molecule has 0 aromatic rings. The SMILES string of the molecule is CC/C=C/C=C/C=C\C=C/C=C/CCCCCC(=O)OC(C/C=C/C=C\C=C/C=C/C=C/CC)CC(=O)NC(CO)C(O)CCCCCCCCCCCCCCCCCC. The van der Waals surface area contributed by atoms with Gasteiger partial charge in [-0.25, -0.2) is 0 Å². The van der Waals surface area contributed by atoms with Gasteiger partial charge in [0.15, 0.2) is 0 Å². The van der Waals surface area contributed by atoms with Crippen LogP contribution in [0.2, 0.25) is 0 Å². The van der Waals surface area contributed by atoms with Crippen molar-refractivity contribution in [3.05, 3.63) is 122 Å². The van der Waals surface area contributed by atoms with E-state index in [2.05, 4.69) is 44.3 Å². The van der Waals surface area contributed by atoms with Crippen molar-refractivity contribution in [1.29, 1.82) is 0 Å². The van der Waals surface area contributed by atoms with E-state index in [1.165, 1.54) is 83.5 Å². The standard InChI is InChI=1S/C55H89NO5/c1-4-7-10-13-16-19-22-24-26-28-29-32-35-38-41-44-47-53(58)52(50-57)56-54(59)49-51(46-43-40-37-34-31-21-18-15-12-9-6-3)61-55(60)48-45-42-39-36-33-30-27-25-23-20-17-14-11-8-5-2/h8-9,11-12,14-15,17-18,20-21,23,25,27,30-31,33-34,37,40,43,51-53,57-58H,4-7,10,13,16,19,22,24,26,28-29,32,35-36,38-39,41-42,44-50H2,1-3H3,(H,56,59)/b11-8+,12-9+,17-14+,18-15+,23-20-,27-25-,31-21-,33-30+,37-34-,43-40+. The Bertz CT molecular complexity index is 1310. The Labute approximate surface area is 374 Å². The van der Waals surface area contributed by atoms with Gasteiger partial charge in [-0.3, -0.25) is 9.59 Å². The first kappa shape index (κ1) is 57.3. The quantitative estimate of drug-likeness (QED) is 0.0324. The molecule has 0 spiro atoms. The second-order valence-corrected chi connectivity index (χ2v) is 16.0. The Hall–Kier alpha value is -3.74. The molecule has 0 fully saturated rings. The number of allylic oxidation sites excluding steroid dienone is 19. The van der Waals surface area contributed by atoms with Crippen molar-refractivity contribution in [3.63, 3.8) is 0 Å². The minimum atomic E-state index is -0.833. The number of ether oxygens (including phenoxy) is 1. The normalized spacial score (nSPS) is 14.4. The Balaban J connectivity index is 4.73. The van der Waals surface area contributed by atoms with Gasteiger partial charge < -0.3 is 20.3 Å². The number of carbonyl (C=O) groups is 2. The minimum Gasteiger partial charge on any atom is -0.461 e. The fraction of sp³-hybridized carbons (Fsp3) is 0.600. The molecular formula is C55H89NO5. The van der Waals surface area contributed by atoms with Crippen molar-refractivity contribution in [2.24, 2.45) is 0 Å². The van der Waals surface area contributed by atoms with E-state index in [9.17, 15) is 19.8 Å². The van der Waals surface area contributed by atoms with Gasteiger partial charge in [-0.15, -0.1) is 0 Å². The number of nitrogens with one attached hydrogen (secondary N) is 1. The fourth-order valence-corrected chi connectivity index (χ4v) is 6.65. The first-order valence-corrected chi connectivity index (χ1v) is 24.4. The summed E-state index contributed by atoms with van der Waals surface area (Å²) in [6, 6.07) is -0.756. The van der Waals surface area contributed by atoms with Crippen molar-refractivity contribution in [3.8, 4) is 0 Å². The molecule has 0 radical (unpaired) electrons. The molecule has 0 aromatic heterocycles. The predicted molar refractivity (Wildman–Crippen MR) is 263 cm³/mol. The molecule has 3 atom stereocenters. The van der Waals surface area contributed by atoms with Gasteiger partial charge in [-0.05, 0) is 38.5 Å². The second kappa shape index (κ2) is 47.3. The third kappa shape index (κ3) is 42.7. The van der Waals surface area contributed by atoms with Crippen molar-refractivity contribution >= 4 is 11.9 Å². The van der Waals surface area contributed by atoms with Crippen LogP contribution in [0, 0.1) is 0 Å². The predicted octanol–water partition coefficient (Wildman–Crippen LogP) is 14.5. The Morgan fingerprint density at radius 2 is 0.918 bits per heavy atom. The van der Waals surface area contributed by atoms with Crippen LogP contribution in [0.1, 0.15) is 188 Å². The summed E-state index contributed by atoms with van der Waals surface area (Å²) in [5, 5.41) is 23.7. The van der Waals surface area contributed by atoms with Gasteiger partial charge in [0.25, 0.3) is 0 Å². The van der Waals surface area contributed by atoms with Crippen molar-refractivity contribution in [2.75, 3.05) is 6.61 Å². The number of aliphatic hydroxyl groups excluding tert-OH is 2. The van der Waals surface area contributed by atoms with E-state index < -0.39 is 18.2 Å². The molecule has 0 saturated carbocycles. The second-order valence-electron chi connectivity index (χ2n) is 16.0. The molecule has 3 N–H and O–H groups in total. The molecule has 61 heavy (non-hydrogen) atoms. The Kier molecular flexibility index (Phi) is 44.4.